The van der Waals surface area contributed by atoms with Gasteiger partial charge < -0.3 is 79.9 Å². The molecule has 43 heavy (non-hydrogen) atoms. The van der Waals surface area contributed by atoms with Crippen LogP contribution in [0.15, 0.2) is 24.3 Å². The molecule has 4 rings (SSSR count). The number of carbonyl (C=O) groups excluding carboxylic acids is 1. The zero-order valence-corrected chi connectivity index (χ0v) is 22.5. The highest BCUT2D eigenvalue weighted by molar-refractivity contribution is 5.87. The predicted octanol–water partition coefficient (Wildman–Crippen LogP) is -5.27. The van der Waals surface area contributed by atoms with Gasteiger partial charge in [0.1, 0.15) is 79.0 Å². The fraction of sp³-hybridized carbons (Fsp3) is 0.654. The predicted molar refractivity (Wildman–Crippen MR) is 136 cm³/mol. The highest BCUT2D eigenvalue weighted by Gasteiger charge is 2.50. The van der Waals surface area contributed by atoms with E-state index in [1.807, 2.05) is 0 Å². The molecule has 1 aromatic rings. The minimum atomic E-state index is -1.80. The molecule has 0 aromatic heterocycles. The lowest BCUT2D eigenvalue weighted by Gasteiger charge is -2.44. The standard InChI is InChI=1S/C26H36O17/c27-6-12-16(31)19(34)21(36)23(40-12)10-5-9(1-3-11(10)29)2-4-15(30)43-26-24(20(35)17(32)13(7-28)42-26)41-14-8-39-25(38)22(37)18(14)33/h1-5,12-14,16-29,31-38H,6-8H2/b4-2+/t12-,13-,14+,16-,17-,18-,19+,20+,21-,22+,23+,24-,25-,26+/m1/s1. The van der Waals surface area contributed by atoms with E-state index in [4.69, 9.17) is 23.7 Å². The Bertz CT molecular complexity index is 1120. The van der Waals surface area contributed by atoms with Crippen LogP contribution in [0.3, 0.4) is 0 Å². The average Bonchev–Trinajstić information content (AvgIpc) is 2.99. The summed E-state index contributed by atoms with van der Waals surface area (Å²) in [4.78, 5) is 12.7. The Hall–Kier alpha value is -2.33. The van der Waals surface area contributed by atoms with Crippen molar-refractivity contribution in [3.05, 3.63) is 35.4 Å². The maximum atomic E-state index is 12.7. The van der Waals surface area contributed by atoms with E-state index in [-0.39, 0.29) is 16.9 Å². The van der Waals surface area contributed by atoms with E-state index in [1.165, 1.54) is 24.3 Å². The Morgan fingerprint density at radius 3 is 2.16 bits per heavy atom. The molecule has 0 unspecified atom stereocenters. The van der Waals surface area contributed by atoms with Gasteiger partial charge in [0.25, 0.3) is 0 Å². The Morgan fingerprint density at radius 2 is 1.49 bits per heavy atom. The number of esters is 1. The highest BCUT2D eigenvalue weighted by atomic mass is 16.7. The summed E-state index contributed by atoms with van der Waals surface area (Å²) in [5, 5.41) is 110. The molecule has 0 bridgehead atoms. The number of carbonyl (C=O) groups is 1. The molecule has 242 valence electrons. The molecule has 3 fully saturated rings. The van der Waals surface area contributed by atoms with Crippen molar-refractivity contribution in [2.24, 2.45) is 0 Å². The molecule has 3 aliphatic rings. The lowest BCUT2D eigenvalue weighted by molar-refractivity contribution is -0.329. The molecule has 3 saturated heterocycles. The zero-order valence-electron chi connectivity index (χ0n) is 22.5. The van der Waals surface area contributed by atoms with Crippen LogP contribution in [0.25, 0.3) is 6.08 Å². The average molecular weight is 621 g/mol. The molecular weight excluding hydrogens is 584 g/mol. The van der Waals surface area contributed by atoms with Crippen molar-refractivity contribution in [3.63, 3.8) is 0 Å². The van der Waals surface area contributed by atoms with Gasteiger partial charge in [0.15, 0.2) is 6.29 Å². The van der Waals surface area contributed by atoms with Gasteiger partial charge in [-0.15, -0.1) is 0 Å². The van der Waals surface area contributed by atoms with Crippen LogP contribution in [-0.4, -0.2) is 162 Å². The normalized spacial score (nSPS) is 42.2. The quantitative estimate of drug-likeness (QED) is 0.0956. The van der Waals surface area contributed by atoms with Crippen molar-refractivity contribution in [1.82, 2.24) is 0 Å². The summed E-state index contributed by atoms with van der Waals surface area (Å²) in [7, 11) is 0. The monoisotopic (exact) mass is 620 g/mol. The summed E-state index contributed by atoms with van der Waals surface area (Å²) >= 11 is 0. The molecule has 14 atom stereocenters. The second-order valence-electron chi connectivity index (χ2n) is 10.4. The number of phenols is 1. The van der Waals surface area contributed by atoms with Crippen LogP contribution >= 0.6 is 0 Å². The molecule has 0 radical (unpaired) electrons. The summed E-state index contributed by atoms with van der Waals surface area (Å²) in [6, 6.07) is 3.89. The van der Waals surface area contributed by atoms with E-state index < -0.39 is 112 Å². The lowest BCUT2D eigenvalue weighted by Crippen LogP contribution is -2.63. The van der Waals surface area contributed by atoms with Crippen LogP contribution in [0, 0.1) is 0 Å². The van der Waals surface area contributed by atoms with Crippen molar-refractivity contribution in [3.8, 4) is 5.75 Å². The minimum Gasteiger partial charge on any atom is -0.508 e. The third-order valence-corrected chi connectivity index (χ3v) is 7.51. The molecule has 3 heterocycles. The topological polar surface area (TPSA) is 286 Å². The van der Waals surface area contributed by atoms with E-state index >= 15 is 0 Å². The Balaban J connectivity index is 1.49. The van der Waals surface area contributed by atoms with Crippen LogP contribution in [-0.2, 0) is 28.5 Å². The van der Waals surface area contributed by atoms with Gasteiger partial charge in [-0.05, 0) is 23.8 Å². The summed E-state index contributed by atoms with van der Waals surface area (Å²) in [6.07, 6.45) is -20.2. The summed E-state index contributed by atoms with van der Waals surface area (Å²) in [5.41, 5.74) is 0.234. The number of aliphatic hydroxyl groups excluding tert-OH is 10. The van der Waals surface area contributed by atoms with Crippen molar-refractivity contribution in [2.45, 2.75) is 85.8 Å². The van der Waals surface area contributed by atoms with Gasteiger partial charge in [0, 0.05) is 11.6 Å². The first-order chi connectivity index (χ1) is 20.4. The van der Waals surface area contributed by atoms with Crippen molar-refractivity contribution in [2.75, 3.05) is 19.8 Å². The molecule has 0 amide bonds. The Morgan fingerprint density at radius 1 is 0.837 bits per heavy atom. The number of aromatic hydroxyl groups is 1. The number of ether oxygens (including phenoxy) is 5. The summed E-state index contributed by atoms with van der Waals surface area (Å²) in [6.45, 7) is -1.90. The Labute approximate surface area is 243 Å². The third-order valence-electron chi connectivity index (χ3n) is 7.51. The van der Waals surface area contributed by atoms with E-state index in [9.17, 15) is 61.0 Å². The zero-order chi connectivity index (χ0) is 31.6. The number of benzene rings is 1. The van der Waals surface area contributed by atoms with Gasteiger partial charge in [-0.25, -0.2) is 4.79 Å². The second kappa shape index (κ2) is 14.2. The SMILES string of the molecule is O=C(/C=C/c1ccc(O)c([C@@H]2O[C@H](CO)[C@@H](O)[C@H](O)[C@H]2O)c1)O[C@@H]1O[C@H](CO)[C@@H](O)[C@H](O)[C@H]1O[C@H]1CO[C@@H](O)[C@@H](O)[C@@H]1O. The maximum absolute atomic E-state index is 12.7. The van der Waals surface area contributed by atoms with E-state index in [1.54, 1.807) is 0 Å². The van der Waals surface area contributed by atoms with E-state index in [0.29, 0.717) is 0 Å². The fourth-order valence-electron chi connectivity index (χ4n) is 4.98. The number of aliphatic hydroxyl groups is 10. The molecule has 1 aromatic carbocycles. The highest BCUT2D eigenvalue weighted by Crippen LogP contribution is 2.37. The van der Waals surface area contributed by atoms with Gasteiger partial charge in [-0.3, -0.25) is 0 Å². The largest absolute Gasteiger partial charge is 0.508 e. The maximum Gasteiger partial charge on any atom is 0.333 e. The Kier molecular flexibility index (Phi) is 11.1. The van der Waals surface area contributed by atoms with Gasteiger partial charge in [0.2, 0.25) is 6.29 Å². The van der Waals surface area contributed by atoms with Crippen LogP contribution in [0.4, 0.5) is 0 Å². The molecule has 0 spiro atoms. The van der Waals surface area contributed by atoms with E-state index in [2.05, 4.69) is 0 Å². The number of phenolic OH excluding ortho intramolecular Hbond substituents is 1. The first-order valence-electron chi connectivity index (χ1n) is 13.3. The molecule has 3 aliphatic heterocycles. The number of rotatable bonds is 8. The van der Waals surface area contributed by atoms with Gasteiger partial charge >= 0.3 is 5.97 Å². The summed E-state index contributed by atoms with van der Waals surface area (Å²) < 4.78 is 26.6. The minimum absolute atomic E-state index is 0.0278. The molecular formula is C26H36O17. The molecule has 0 saturated carbocycles. The molecule has 0 aliphatic carbocycles. The van der Waals surface area contributed by atoms with Crippen LogP contribution < -0.4 is 0 Å². The first kappa shape index (κ1) is 33.6. The van der Waals surface area contributed by atoms with Crippen LogP contribution in [0.5, 0.6) is 5.75 Å². The van der Waals surface area contributed by atoms with Crippen molar-refractivity contribution >= 4 is 12.0 Å². The van der Waals surface area contributed by atoms with Gasteiger partial charge in [0.05, 0.1) is 19.8 Å². The lowest BCUT2D eigenvalue weighted by atomic mass is 9.90. The van der Waals surface area contributed by atoms with Gasteiger partial charge in [-0.1, -0.05) is 6.07 Å². The molecule has 17 heteroatoms. The van der Waals surface area contributed by atoms with Crippen LogP contribution in [0.1, 0.15) is 17.2 Å². The fourth-order valence-corrected chi connectivity index (χ4v) is 4.98. The van der Waals surface area contributed by atoms with E-state index in [0.717, 1.165) is 6.08 Å². The first-order valence-corrected chi connectivity index (χ1v) is 13.3. The van der Waals surface area contributed by atoms with Crippen LogP contribution in [0.2, 0.25) is 0 Å². The van der Waals surface area contributed by atoms with Crippen molar-refractivity contribution in [1.29, 1.82) is 0 Å². The second-order valence-corrected chi connectivity index (χ2v) is 10.4. The molecule has 17 nitrogen and oxygen atoms in total. The smallest absolute Gasteiger partial charge is 0.333 e. The summed E-state index contributed by atoms with van der Waals surface area (Å²) in [5.74, 6) is -1.42. The van der Waals surface area contributed by atoms with Crippen molar-refractivity contribution < 1.29 is 84.7 Å². The molecule has 11 N–H and O–H groups in total. The third kappa shape index (κ3) is 7.16. The number of hydrogen-bond donors (Lipinski definition) is 11. The van der Waals surface area contributed by atoms with Gasteiger partial charge in [-0.2, -0.15) is 0 Å². The number of hydrogen-bond acceptors (Lipinski definition) is 17.